The molecule has 2 aromatic rings. The van der Waals surface area contributed by atoms with E-state index < -0.39 is 6.10 Å². The maximum absolute atomic E-state index is 12.3. The number of hydrogen-bond acceptors (Lipinski definition) is 3. The van der Waals surface area contributed by atoms with Crippen LogP contribution in [0.25, 0.3) is 0 Å². The molecule has 0 aromatic heterocycles. The van der Waals surface area contributed by atoms with E-state index in [4.69, 9.17) is 21.6 Å². The summed E-state index contributed by atoms with van der Waals surface area (Å²) in [6, 6.07) is 15.8. The molecule has 1 N–H and O–H groups in total. The Morgan fingerprint density at radius 1 is 1.29 bits per heavy atom. The average Bonchev–Trinajstić information content (AvgIpc) is 2.51. The molecule has 21 heavy (non-hydrogen) atoms. The number of rotatable bonds is 4. The molecular formula is C16H13ClN2O2. The van der Waals surface area contributed by atoms with Crippen molar-refractivity contribution in [3.8, 4) is 6.07 Å². The van der Waals surface area contributed by atoms with Crippen LogP contribution in [0, 0.1) is 11.3 Å². The lowest BCUT2D eigenvalue weighted by molar-refractivity contribution is -0.126. The monoisotopic (exact) mass is 300 g/mol. The SMILES string of the molecule is COC(C(=O)Nc1cc(C#N)ccc1Cl)c1ccccc1. The van der Waals surface area contributed by atoms with E-state index in [9.17, 15) is 4.79 Å². The highest BCUT2D eigenvalue weighted by Crippen LogP contribution is 2.25. The number of halogens is 1. The minimum atomic E-state index is -0.743. The standard InChI is InChI=1S/C16H13ClN2O2/c1-21-15(12-5-3-2-4-6-12)16(20)19-14-9-11(10-18)7-8-13(14)17/h2-9,15H,1H3,(H,19,20). The number of amides is 1. The summed E-state index contributed by atoms with van der Waals surface area (Å²) in [4.78, 5) is 12.3. The first-order chi connectivity index (χ1) is 10.2. The number of ether oxygens (including phenoxy) is 1. The minimum absolute atomic E-state index is 0.347. The van der Waals surface area contributed by atoms with Gasteiger partial charge in [0.2, 0.25) is 0 Å². The summed E-state index contributed by atoms with van der Waals surface area (Å²) in [6.07, 6.45) is -0.743. The lowest BCUT2D eigenvalue weighted by Crippen LogP contribution is -2.22. The maximum atomic E-state index is 12.3. The molecule has 0 spiro atoms. The molecule has 0 bridgehead atoms. The van der Waals surface area contributed by atoms with Gasteiger partial charge in [0.15, 0.2) is 6.10 Å². The van der Waals surface area contributed by atoms with Gasteiger partial charge in [-0.3, -0.25) is 4.79 Å². The van der Waals surface area contributed by atoms with Gasteiger partial charge in [0.05, 0.1) is 22.3 Å². The van der Waals surface area contributed by atoms with Crippen molar-refractivity contribution in [3.05, 3.63) is 64.7 Å². The van der Waals surface area contributed by atoms with Gasteiger partial charge in [-0.15, -0.1) is 0 Å². The molecule has 0 aliphatic rings. The van der Waals surface area contributed by atoms with Crippen molar-refractivity contribution in [1.29, 1.82) is 5.26 Å². The number of nitrogens with zero attached hydrogens (tertiary/aromatic N) is 1. The number of carbonyl (C=O) groups is 1. The number of anilines is 1. The first-order valence-electron chi connectivity index (χ1n) is 6.24. The second-order valence-corrected chi connectivity index (χ2v) is 4.73. The van der Waals surface area contributed by atoms with Gasteiger partial charge < -0.3 is 10.1 Å². The summed E-state index contributed by atoms with van der Waals surface area (Å²) in [5.74, 6) is -0.347. The third kappa shape index (κ3) is 3.60. The smallest absolute Gasteiger partial charge is 0.258 e. The molecule has 0 heterocycles. The zero-order valence-corrected chi connectivity index (χ0v) is 12.1. The van der Waals surface area contributed by atoms with Crippen LogP contribution in [-0.4, -0.2) is 13.0 Å². The largest absolute Gasteiger partial charge is 0.367 e. The van der Waals surface area contributed by atoms with E-state index in [1.165, 1.54) is 13.2 Å². The quantitative estimate of drug-likeness (QED) is 0.939. The Balaban J connectivity index is 2.23. The fourth-order valence-electron chi connectivity index (χ4n) is 1.91. The number of nitriles is 1. The number of carbonyl (C=O) groups excluding carboxylic acids is 1. The molecule has 0 radical (unpaired) electrons. The summed E-state index contributed by atoms with van der Waals surface area (Å²) in [5, 5.41) is 11.9. The van der Waals surface area contributed by atoms with Crippen molar-refractivity contribution in [2.45, 2.75) is 6.10 Å². The Kier molecular flexibility index (Phi) is 4.94. The Hall–Kier alpha value is -2.35. The highest BCUT2D eigenvalue weighted by molar-refractivity contribution is 6.33. The van der Waals surface area contributed by atoms with E-state index in [-0.39, 0.29) is 5.91 Å². The van der Waals surface area contributed by atoms with Gasteiger partial charge in [0, 0.05) is 7.11 Å². The molecular weight excluding hydrogens is 288 g/mol. The van der Waals surface area contributed by atoms with Crippen molar-refractivity contribution in [2.75, 3.05) is 12.4 Å². The number of nitrogens with one attached hydrogen (secondary N) is 1. The summed E-state index contributed by atoms with van der Waals surface area (Å²) >= 11 is 6.03. The third-order valence-corrected chi connectivity index (χ3v) is 3.26. The molecule has 2 aromatic carbocycles. The topological polar surface area (TPSA) is 62.1 Å². The number of benzene rings is 2. The van der Waals surface area contributed by atoms with Crippen LogP contribution in [0.5, 0.6) is 0 Å². The Labute approximate surface area is 127 Å². The van der Waals surface area contributed by atoms with E-state index in [2.05, 4.69) is 5.32 Å². The van der Waals surface area contributed by atoms with Gasteiger partial charge in [-0.1, -0.05) is 41.9 Å². The van der Waals surface area contributed by atoms with Crippen molar-refractivity contribution in [3.63, 3.8) is 0 Å². The Morgan fingerprint density at radius 2 is 2.00 bits per heavy atom. The van der Waals surface area contributed by atoms with Crippen LogP contribution < -0.4 is 5.32 Å². The average molecular weight is 301 g/mol. The van der Waals surface area contributed by atoms with Crippen LogP contribution in [0.1, 0.15) is 17.2 Å². The van der Waals surface area contributed by atoms with E-state index in [1.807, 2.05) is 24.3 Å². The van der Waals surface area contributed by atoms with Crippen LogP contribution in [0.15, 0.2) is 48.5 Å². The van der Waals surface area contributed by atoms with E-state index >= 15 is 0 Å². The maximum Gasteiger partial charge on any atom is 0.258 e. The van der Waals surface area contributed by atoms with Gasteiger partial charge in [0.25, 0.3) is 5.91 Å². The normalized spacial score (nSPS) is 11.5. The zero-order chi connectivity index (χ0) is 15.2. The molecule has 0 aliphatic carbocycles. The van der Waals surface area contributed by atoms with Crippen LogP contribution in [0.3, 0.4) is 0 Å². The first-order valence-corrected chi connectivity index (χ1v) is 6.61. The molecule has 1 unspecified atom stereocenters. The third-order valence-electron chi connectivity index (χ3n) is 2.93. The van der Waals surface area contributed by atoms with Gasteiger partial charge >= 0.3 is 0 Å². The summed E-state index contributed by atoms with van der Waals surface area (Å²) in [5.41, 5.74) is 1.55. The van der Waals surface area contributed by atoms with Crippen molar-refractivity contribution >= 4 is 23.2 Å². The van der Waals surface area contributed by atoms with Gasteiger partial charge in [-0.2, -0.15) is 5.26 Å². The summed E-state index contributed by atoms with van der Waals surface area (Å²) in [7, 11) is 1.46. The van der Waals surface area contributed by atoms with Crippen molar-refractivity contribution in [2.24, 2.45) is 0 Å². The molecule has 1 atom stereocenters. The second-order valence-electron chi connectivity index (χ2n) is 4.32. The van der Waals surface area contributed by atoms with E-state index in [0.29, 0.717) is 16.3 Å². The van der Waals surface area contributed by atoms with Crippen molar-refractivity contribution in [1.82, 2.24) is 0 Å². The van der Waals surface area contributed by atoms with Gasteiger partial charge in [0.1, 0.15) is 0 Å². The fraction of sp³-hybridized carbons (Fsp3) is 0.125. The first kappa shape index (κ1) is 15.0. The fourth-order valence-corrected chi connectivity index (χ4v) is 2.08. The number of methoxy groups -OCH3 is 1. The number of hydrogen-bond donors (Lipinski definition) is 1. The van der Waals surface area contributed by atoms with Crippen LogP contribution in [0.4, 0.5) is 5.69 Å². The molecule has 5 heteroatoms. The molecule has 106 valence electrons. The molecule has 2 rings (SSSR count). The van der Waals surface area contributed by atoms with Crippen LogP contribution in [0.2, 0.25) is 5.02 Å². The minimum Gasteiger partial charge on any atom is -0.367 e. The molecule has 4 nitrogen and oxygen atoms in total. The second kappa shape index (κ2) is 6.89. The highest BCUT2D eigenvalue weighted by atomic mass is 35.5. The molecule has 1 amide bonds. The zero-order valence-electron chi connectivity index (χ0n) is 11.3. The Bertz CT molecular complexity index is 680. The lowest BCUT2D eigenvalue weighted by atomic mass is 10.1. The van der Waals surface area contributed by atoms with E-state index in [0.717, 1.165) is 5.56 Å². The van der Waals surface area contributed by atoms with Gasteiger partial charge in [-0.05, 0) is 23.8 Å². The van der Waals surface area contributed by atoms with Crippen LogP contribution in [-0.2, 0) is 9.53 Å². The van der Waals surface area contributed by atoms with E-state index in [1.54, 1.807) is 24.3 Å². The molecule has 0 aliphatic heterocycles. The predicted molar refractivity (Wildman–Crippen MR) is 81.0 cm³/mol. The Morgan fingerprint density at radius 3 is 2.62 bits per heavy atom. The summed E-state index contributed by atoms with van der Waals surface area (Å²) < 4.78 is 5.25. The molecule has 0 saturated heterocycles. The van der Waals surface area contributed by atoms with Crippen LogP contribution >= 0.6 is 11.6 Å². The van der Waals surface area contributed by atoms with Gasteiger partial charge in [-0.25, -0.2) is 0 Å². The highest BCUT2D eigenvalue weighted by Gasteiger charge is 2.20. The summed E-state index contributed by atoms with van der Waals surface area (Å²) in [6.45, 7) is 0. The predicted octanol–water partition coefficient (Wildman–Crippen LogP) is 3.54. The lowest BCUT2D eigenvalue weighted by Gasteiger charge is -2.16. The molecule has 0 saturated carbocycles. The molecule has 0 fully saturated rings. The van der Waals surface area contributed by atoms with Crippen molar-refractivity contribution < 1.29 is 9.53 Å².